The first-order chi connectivity index (χ1) is 9.97. The van der Waals surface area contributed by atoms with E-state index >= 15 is 0 Å². The predicted octanol–water partition coefficient (Wildman–Crippen LogP) is 3.53. The summed E-state index contributed by atoms with van der Waals surface area (Å²) < 4.78 is 5.37. The van der Waals surface area contributed by atoms with Gasteiger partial charge in [-0.2, -0.15) is 0 Å². The number of rotatable bonds is 5. The van der Waals surface area contributed by atoms with E-state index in [4.69, 9.17) is 21.4 Å². The summed E-state index contributed by atoms with van der Waals surface area (Å²) in [5, 5.41) is 20.4. The van der Waals surface area contributed by atoms with Gasteiger partial charge in [-0.3, -0.25) is 10.1 Å². The van der Waals surface area contributed by atoms with Crippen LogP contribution in [0.4, 0.5) is 5.69 Å². The average Bonchev–Trinajstić information content (AvgIpc) is 2.44. The first kappa shape index (κ1) is 14.8. The lowest BCUT2D eigenvalue weighted by Gasteiger charge is -2.08. The third kappa shape index (κ3) is 3.70. The lowest BCUT2D eigenvalue weighted by Crippen LogP contribution is -2.02. The van der Waals surface area contributed by atoms with Gasteiger partial charge < -0.3 is 9.84 Å². The molecule has 0 heterocycles. The van der Waals surface area contributed by atoms with Gasteiger partial charge in [-0.1, -0.05) is 23.7 Å². The Morgan fingerprint density at radius 2 is 2.05 bits per heavy atom. The van der Waals surface area contributed by atoms with Gasteiger partial charge in [0.15, 0.2) is 5.75 Å². The Bertz CT molecular complexity index is 702. The molecule has 2 aromatic carbocycles. The molecule has 0 radical (unpaired) electrons. The van der Waals surface area contributed by atoms with E-state index in [-0.39, 0.29) is 23.6 Å². The van der Waals surface area contributed by atoms with Crippen LogP contribution in [0.25, 0.3) is 0 Å². The Labute approximate surface area is 124 Å². The number of carboxylic acid groups (broad SMARTS) is 1. The molecule has 0 aliphatic carbocycles. The second-order valence-electron chi connectivity index (χ2n) is 4.16. The predicted molar refractivity (Wildman–Crippen MR) is 75.8 cm³/mol. The fraction of sp³-hybridized carbons (Fsp3) is 0.0714. The molecule has 0 aromatic heterocycles. The Balaban J connectivity index is 2.26. The van der Waals surface area contributed by atoms with Crippen molar-refractivity contribution < 1.29 is 19.6 Å². The SMILES string of the molecule is O=C(O)c1ccc([N+](=O)[O-])c(OCc2cccc(Cl)c2)c1. The Hall–Kier alpha value is -2.60. The van der Waals surface area contributed by atoms with Gasteiger partial charge in [-0.25, -0.2) is 4.79 Å². The molecule has 0 bridgehead atoms. The third-order valence-electron chi connectivity index (χ3n) is 2.69. The number of hydrogen-bond acceptors (Lipinski definition) is 4. The normalized spacial score (nSPS) is 10.1. The van der Waals surface area contributed by atoms with Crippen LogP contribution in [0.1, 0.15) is 15.9 Å². The molecule has 7 heteroatoms. The highest BCUT2D eigenvalue weighted by atomic mass is 35.5. The lowest BCUT2D eigenvalue weighted by atomic mass is 10.2. The van der Waals surface area contributed by atoms with E-state index in [0.717, 1.165) is 23.8 Å². The summed E-state index contributed by atoms with van der Waals surface area (Å²) in [6, 6.07) is 10.2. The number of nitro benzene ring substituents is 1. The number of ether oxygens (including phenoxy) is 1. The molecule has 0 saturated carbocycles. The van der Waals surface area contributed by atoms with Gasteiger partial charge in [0.2, 0.25) is 0 Å². The lowest BCUT2D eigenvalue weighted by molar-refractivity contribution is -0.385. The van der Waals surface area contributed by atoms with Crippen LogP contribution in [0.3, 0.4) is 0 Å². The number of aromatic carboxylic acids is 1. The molecule has 0 atom stereocenters. The fourth-order valence-corrected chi connectivity index (χ4v) is 1.91. The summed E-state index contributed by atoms with van der Waals surface area (Å²) in [5.41, 5.74) is 0.348. The highest BCUT2D eigenvalue weighted by Crippen LogP contribution is 2.29. The van der Waals surface area contributed by atoms with E-state index in [0.29, 0.717) is 5.02 Å². The number of carboxylic acids is 1. The monoisotopic (exact) mass is 307 g/mol. The van der Waals surface area contributed by atoms with Crippen molar-refractivity contribution in [2.45, 2.75) is 6.61 Å². The van der Waals surface area contributed by atoms with E-state index < -0.39 is 10.9 Å². The second-order valence-corrected chi connectivity index (χ2v) is 4.60. The molecule has 2 rings (SSSR count). The standard InChI is InChI=1S/C14H10ClNO5/c15-11-3-1-2-9(6-11)8-21-13-7-10(14(17)18)4-5-12(13)16(19)20/h1-7H,8H2,(H,17,18). The van der Waals surface area contributed by atoms with Gasteiger partial charge >= 0.3 is 11.7 Å². The molecule has 0 amide bonds. The molecular weight excluding hydrogens is 298 g/mol. The first-order valence-corrected chi connectivity index (χ1v) is 6.24. The number of hydrogen-bond donors (Lipinski definition) is 1. The molecule has 21 heavy (non-hydrogen) atoms. The van der Waals surface area contributed by atoms with Crippen molar-refractivity contribution in [2.24, 2.45) is 0 Å². The fourth-order valence-electron chi connectivity index (χ4n) is 1.70. The van der Waals surface area contributed by atoms with Crippen molar-refractivity contribution in [2.75, 3.05) is 0 Å². The van der Waals surface area contributed by atoms with E-state index in [1.807, 2.05) is 0 Å². The molecule has 0 saturated heterocycles. The van der Waals surface area contributed by atoms with Gasteiger partial charge in [-0.05, 0) is 23.8 Å². The maximum absolute atomic E-state index is 10.9. The minimum absolute atomic E-state index is 0.0461. The van der Waals surface area contributed by atoms with Gasteiger partial charge in [0.05, 0.1) is 10.5 Å². The van der Waals surface area contributed by atoms with E-state index in [2.05, 4.69) is 0 Å². The zero-order valence-electron chi connectivity index (χ0n) is 10.7. The maximum Gasteiger partial charge on any atom is 0.335 e. The maximum atomic E-state index is 10.9. The molecule has 0 aliphatic rings. The van der Waals surface area contributed by atoms with Crippen molar-refractivity contribution in [3.05, 3.63) is 68.7 Å². The number of benzene rings is 2. The van der Waals surface area contributed by atoms with Gasteiger partial charge in [0, 0.05) is 17.2 Å². The quantitative estimate of drug-likeness (QED) is 0.674. The Kier molecular flexibility index (Phi) is 4.39. The summed E-state index contributed by atoms with van der Waals surface area (Å²) in [6.07, 6.45) is 0. The molecule has 0 unspecified atom stereocenters. The van der Waals surface area contributed by atoms with Crippen molar-refractivity contribution in [1.82, 2.24) is 0 Å². The zero-order valence-corrected chi connectivity index (χ0v) is 11.4. The van der Waals surface area contributed by atoms with Crippen molar-refractivity contribution in [1.29, 1.82) is 0 Å². The third-order valence-corrected chi connectivity index (χ3v) is 2.92. The molecule has 108 valence electrons. The molecule has 1 N–H and O–H groups in total. The molecule has 0 fully saturated rings. The van der Waals surface area contributed by atoms with Crippen LogP contribution in [-0.2, 0) is 6.61 Å². The van der Waals surface area contributed by atoms with Crippen molar-refractivity contribution in [3.8, 4) is 5.75 Å². The Morgan fingerprint density at radius 3 is 2.67 bits per heavy atom. The summed E-state index contributed by atoms with van der Waals surface area (Å²) in [7, 11) is 0. The number of carbonyl (C=O) groups is 1. The number of nitrogens with zero attached hydrogens (tertiary/aromatic N) is 1. The van der Waals surface area contributed by atoms with Crippen LogP contribution >= 0.6 is 11.6 Å². The molecule has 0 aliphatic heterocycles. The van der Waals surface area contributed by atoms with Crippen LogP contribution < -0.4 is 4.74 Å². The van der Waals surface area contributed by atoms with Crippen LogP contribution in [0.15, 0.2) is 42.5 Å². The highest BCUT2D eigenvalue weighted by molar-refractivity contribution is 6.30. The van der Waals surface area contributed by atoms with Crippen LogP contribution in [0, 0.1) is 10.1 Å². The summed E-state index contributed by atoms with van der Waals surface area (Å²) in [4.78, 5) is 21.2. The highest BCUT2D eigenvalue weighted by Gasteiger charge is 2.18. The topological polar surface area (TPSA) is 89.7 Å². The smallest absolute Gasteiger partial charge is 0.335 e. The zero-order chi connectivity index (χ0) is 15.4. The number of halogens is 1. The molecule has 0 spiro atoms. The van der Waals surface area contributed by atoms with Gasteiger partial charge in [0.25, 0.3) is 0 Å². The number of nitro groups is 1. The minimum Gasteiger partial charge on any atom is -0.482 e. The average molecular weight is 308 g/mol. The molecular formula is C14H10ClNO5. The molecule has 6 nitrogen and oxygen atoms in total. The first-order valence-electron chi connectivity index (χ1n) is 5.86. The van der Waals surface area contributed by atoms with Crippen LogP contribution in [0.5, 0.6) is 5.75 Å². The van der Waals surface area contributed by atoms with E-state index in [9.17, 15) is 14.9 Å². The molecule has 2 aromatic rings. The summed E-state index contributed by atoms with van der Waals surface area (Å²) in [6.45, 7) is 0.0461. The largest absolute Gasteiger partial charge is 0.482 e. The van der Waals surface area contributed by atoms with Gasteiger partial charge in [0.1, 0.15) is 6.61 Å². The van der Waals surface area contributed by atoms with E-state index in [1.165, 1.54) is 0 Å². The van der Waals surface area contributed by atoms with Crippen LogP contribution in [0.2, 0.25) is 5.02 Å². The van der Waals surface area contributed by atoms with E-state index in [1.54, 1.807) is 24.3 Å². The summed E-state index contributed by atoms with van der Waals surface area (Å²) in [5.74, 6) is -1.28. The Morgan fingerprint density at radius 1 is 1.29 bits per heavy atom. The van der Waals surface area contributed by atoms with Crippen molar-refractivity contribution in [3.63, 3.8) is 0 Å². The second kappa shape index (κ2) is 6.23. The van der Waals surface area contributed by atoms with Gasteiger partial charge in [-0.15, -0.1) is 0 Å². The van der Waals surface area contributed by atoms with Crippen molar-refractivity contribution >= 4 is 23.3 Å². The summed E-state index contributed by atoms with van der Waals surface area (Å²) >= 11 is 5.83. The minimum atomic E-state index is -1.18. The van der Waals surface area contributed by atoms with Crippen LogP contribution in [-0.4, -0.2) is 16.0 Å².